The summed E-state index contributed by atoms with van der Waals surface area (Å²) >= 11 is 0. The third-order valence-corrected chi connectivity index (χ3v) is 12.5. The molecule has 12 rings (SSSR count). The Bertz CT molecular complexity index is 3320. The molecule has 3 heterocycles. The van der Waals surface area contributed by atoms with Gasteiger partial charge in [-0.1, -0.05) is 152 Å². The first kappa shape index (κ1) is 38.3. The summed E-state index contributed by atoms with van der Waals surface area (Å²) in [4.78, 5) is 12.5. The third-order valence-electron chi connectivity index (χ3n) is 12.5. The van der Waals surface area contributed by atoms with Crippen molar-refractivity contribution in [2.75, 3.05) is 10.2 Å². The maximum absolute atomic E-state index is 6.88. The highest BCUT2D eigenvalue weighted by Crippen LogP contribution is 2.48. The van der Waals surface area contributed by atoms with E-state index in [9.17, 15) is 0 Å². The summed E-state index contributed by atoms with van der Waals surface area (Å²) in [5.74, 6) is 2.33. The number of allylic oxidation sites excluding steroid dienone is 4. The number of benzene rings is 8. The van der Waals surface area contributed by atoms with Crippen LogP contribution in [0.4, 0.5) is 17.1 Å². The molecule has 0 fully saturated rings. The fourth-order valence-electron chi connectivity index (χ4n) is 9.35. The molecule has 7 heteroatoms. The number of nitrogens with one attached hydrogen (secondary N) is 2. The number of ether oxygens (including phenoxy) is 1. The molecule has 9 aromatic rings. The average Bonchev–Trinajstić information content (AvgIpc) is 3.98. The van der Waals surface area contributed by atoms with Crippen LogP contribution in [-0.2, 0) is 0 Å². The Labute approximate surface area is 378 Å². The van der Waals surface area contributed by atoms with Gasteiger partial charge in [-0.3, -0.25) is 0 Å². The number of amidine groups is 2. The van der Waals surface area contributed by atoms with E-state index in [0.29, 0.717) is 5.84 Å². The molecule has 1 aromatic heterocycles. The van der Waals surface area contributed by atoms with Gasteiger partial charge in [-0.25, -0.2) is 9.98 Å². The molecule has 0 bridgehead atoms. The van der Waals surface area contributed by atoms with Gasteiger partial charge in [-0.2, -0.15) is 0 Å². The topological polar surface area (TPSA) is 66.2 Å². The minimum absolute atomic E-state index is 0.301. The van der Waals surface area contributed by atoms with Gasteiger partial charge in [0.2, 0.25) is 0 Å². The van der Waals surface area contributed by atoms with Crippen molar-refractivity contribution in [3.05, 3.63) is 246 Å². The van der Waals surface area contributed by atoms with Gasteiger partial charge in [0.15, 0.2) is 17.8 Å². The van der Waals surface area contributed by atoms with Crippen LogP contribution in [0.5, 0.6) is 5.75 Å². The van der Waals surface area contributed by atoms with Gasteiger partial charge >= 0.3 is 0 Å². The minimum atomic E-state index is -0.335. The van der Waals surface area contributed by atoms with Crippen molar-refractivity contribution in [1.82, 2.24) is 9.88 Å². The molecule has 0 saturated heterocycles. The van der Waals surface area contributed by atoms with E-state index in [1.54, 1.807) is 0 Å². The second-order valence-electron chi connectivity index (χ2n) is 16.6. The number of aliphatic imine (C=N–C) groups is 2. The standard InChI is InChI=1S/C58H44N6O/c1-6-16-40(17-7-1)55-60-56(41-18-8-2-9-19-41)62-57(61-55)42-28-33-48(34-29-42)64-52-37-30-44(38-50(52)49-35-36-51-54(53(49)64)65-58(59-51)43-20-10-3-11-21-43)39-26-31-47(32-27-39)63(45-22-12-4-13-23-45)46-24-14-5-15-25-46/h1-14,16-24,26-38,57-59H,15,25H2,(H,60,61,62). The molecule has 0 saturated carbocycles. The van der Waals surface area contributed by atoms with Crippen LogP contribution in [0.25, 0.3) is 38.6 Å². The Morgan fingerprint density at radius 1 is 0.569 bits per heavy atom. The molecule has 7 nitrogen and oxygen atoms in total. The molecule has 2 unspecified atom stereocenters. The second kappa shape index (κ2) is 16.4. The Morgan fingerprint density at radius 3 is 1.97 bits per heavy atom. The number of nitrogens with zero attached hydrogens (tertiary/aromatic N) is 4. The van der Waals surface area contributed by atoms with E-state index < -0.39 is 0 Å². The quantitative estimate of drug-likeness (QED) is 0.152. The van der Waals surface area contributed by atoms with E-state index in [2.05, 4.69) is 196 Å². The molecule has 2 N–H and O–H groups in total. The van der Waals surface area contributed by atoms with Gasteiger partial charge in [-0.05, 0) is 96.3 Å². The number of rotatable bonds is 9. The summed E-state index contributed by atoms with van der Waals surface area (Å²) < 4.78 is 9.23. The highest BCUT2D eigenvalue weighted by Gasteiger charge is 2.29. The zero-order valence-electron chi connectivity index (χ0n) is 35.6. The lowest BCUT2D eigenvalue weighted by atomic mass is 10.0. The van der Waals surface area contributed by atoms with Crippen molar-refractivity contribution >= 4 is 50.5 Å². The van der Waals surface area contributed by atoms with Crippen molar-refractivity contribution in [2.45, 2.75) is 25.2 Å². The van der Waals surface area contributed by atoms with Crippen molar-refractivity contribution in [3.63, 3.8) is 0 Å². The lowest BCUT2D eigenvalue weighted by molar-refractivity contribution is 0.262. The van der Waals surface area contributed by atoms with Crippen LogP contribution in [-0.4, -0.2) is 16.2 Å². The summed E-state index contributed by atoms with van der Waals surface area (Å²) in [5, 5.41) is 9.57. The van der Waals surface area contributed by atoms with E-state index in [1.165, 1.54) is 5.70 Å². The summed E-state index contributed by atoms with van der Waals surface area (Å²) in [6, 6.07) is 70.4. The number of para-hydroxylation sites is 1. The van der Waals surface area contributed by atoms with Crippen LogP contribution in [0.15, 0.2) is 234 Å². The fraction of sp³-hybridized carbons (Fsp3) is 0.0690. The monoisotopic (exact) mass is 840 g/mol. The first-order valence-electron chi connectivity index (χ1n) is 22.3. The maximum atomic E-state index is 6.88. The highest BCUT2D eigenvalue weighted by atomic mass is 16.5. The molecular formula is C58H44N6O. The molecule has 8 aromatic carbocycles. The van der Waals surface area contributed by atoms with Crippen molar-refractivity contribution < 1.29 is 4.74 Å². The van der Waals surface area contributed by atoms with Crippen molar-refractivity contribution in [3.8, 4) is 22.6 Å². The van der Waals surface area contributed by atoms with E-state index in [4.69, 9.17) is 14.7 Å². The average molecular weight is 841 g/mol. The van der Waals surface area contributed by atoms with Crippen LogP contribution in [0.3, 0.4) is 0 Å². The van der Waals surface area contributed by atoms with Crippen LogP contribution in [0.1, 0.15) is 47.5 Å². The summed E-state index contributed by atoms with van der Waals surface area (Å²) in [6.07, 6.45) is 8.04. The number of anilines is 3. The van der Waals surface area contributed by atoms with Gasteiger partial charge in [-0.15, -0.1) is 0 Å². The van der Waals surface area contributed by atoms with Crippen LogP contribution < -0.4 is 20.3 Å². The first-order chi connectivity index (χ1) is 32.2. The van der Waals surface area contributed by atoms with Gasteiger partial charge in [0.05, 0.1) is 16.7 Å². The van der Waals surface area contributed by atoms with Gasteiger partial charge in [0, 0.05) is 50.2 Å². The minimum Gasteiger partial charge on any atom is -0.462 e. The van der Waals surface area contributed by atoms with Crippen LogP contribution in [0, 0.1) is 0 Å². The molecular weight excluding hydrogens is 797 g/mol. The van der Waals surface area contributed by atoms with Gasteiger partial charge < -0.3 is 24.8 Å². The number of hydrogen-bond donors (Lipinski definition) is 2. The van der Waals surface area contributed by atoms with Crippen molar-refractivity contribution in [2.24, 2.45) is 9.98 Å². The molecule has 3 aliphatic rings. The van der Waals surface area contributed by atoms with Crippen molar-refractivity contribution in [1.29, 1.82) is 0 Å². The Morgan fingerprint density at radius 2 is 1.25 bits per heavy atom. The normalized spacial score (nSPS) is 16.5. The van der Waals surface area contributed by atoms with E-state index in [-0.39, 0.29) is 12.4 Å². The van der Waals surface area contributed by atoms with Crippen LogP contribution >= 0.6 is 0 Å². The van der Waals surface area contributed by atoms with E-state index in [0.717, 1.165) is 102 Å². The second-order valence-corrected chi connectivity index (χ2v) is 16.6. The zero-order valence-corrected chi connectivity index (χ0v) is 35.6. The zero-order chi connectivity index (χ0) is 43.1. The molecule has 2 atom stereocenters. The summed E-state index contributed by atoms with van der Waals surface area (Å²) in [7, 11) is 0. The maximum Gasteiger partial charge on any atom is 0.196 e. The highest BCUT2D eigenvalue weighted by molar-refractivity contribution is 6.14. The molecule has 0 spiro atoms. The molecule has 65 heavy (non-hydrogen) atoms. The largest absolute Gasteiger partial charge is 0.462 e. The Balaban J connectivity index is 0.944. The number of hydrogen-bond acceptors (Lipinski definition) is 6. The smallest absolute Gasteiger partial charge is 0.196 e. The number of aromatic nitrogens is 1. The summed E-state index contributed by atoms with van der Waals surface area (Å²) in [5.41, 5.74) is 14.1. The molecule has 312 valence electrons. The van der Waals surface area contributed by atoms with Gasteiger partial charge in [0.25, 0.3) is 0 Å². The third kappa shape index (κ3) is 7.13. The molecule has 2 aliphatic heterocycles. The number of fused-ring (bicyclic) bond motifs is 5. The SMILES string of the molecule is C1=CCCC(N(c2ccccc2)c2ccc(-c3ccc4c(c3)c3ccc5c(c3n4-c3ccc(C4N=C(c6ccccc6)N=C(c6ccccc6)N4)cc3)OC(c3ccccc3)N5)cc2)=C1. The van der Waals surface area contributed by atoms with Crippen LogP contribution in [0.2, 0.25) is 0 Å². The molecule has 0 radical (unpaired) electrons. The van der Waals surface area contributed by atoms with Gasteiger partial charge in [0.1, 0.15) is 12.0 Å². The van der Waals surface area contributed by atoms with E-state index in [1.807, 2.05) is 42.5 Å². The lowest BCUT2D eigenvalue weighted by Gasteiger charge is -2.29. The fourth-order valence-corrected chi connectivity index (χ4v) is 9.35. The first-order valence-corrected chi connectivity index (χ1v) is 22.3. The van der Waals surface area contributed by atoms with E-state index >= 15 is 0 Å². The molecule has 1 aliphatic carbocycles. The predicted octanol–water partition coefficient (Wildman–Crippen LogP) is 13.8. The Hall–Kier alpha value is -8.42. The summed E-state index contributed by atoms with van der Waals surface area (Å²) in [6.45, 7) is 0. The lowest BCUT2D eigenvalue weighted by Crippen LogP contribution is -2.33. The molecule has 0 amide bonds. The Kier molecular flexibility index (Phi) is 9.64. The predicted molar refractivity (Wildman–Crippen MR) is 267 cm³/mol.